The second-order valence-electron chi connectivity index (χ2n) is 3.75. The van der Waals surface area contributed by atoms with E-state index in [0.29, 0.717) is 6.07 Å². The molecule has 9 heteroatoms. The molecule has 0 bridgehead atoms. The molecule has 1 aromatic rings. The molecule has 0 heterocycles. The number of halogens is 2. The number of carbonyl (C=O) groups is 2. The third-order valence-electron chi connectivity index (χ3n) is 2.46. The summed E-state index contributed by atoms with van der Waals surface area (Å²) in [4.78, 5) is 32.7. The lowest BCUT2D eigenvalue weighted by Crippen LogP contribution is -2.36. The van der Waals surface area contributed by atoms with E-state index in [0.717, 1.165) is 4.90 Å². The number of benzene rings is 1. The number of likely N-dealkylation sites (N-methyl/N-ethyl adjacent to an activating group) is 1. The molecule has 0 aliphatic rings. The quantitative estimate of drug-likeness (QED) is 0.652. The zero-order chi connectivity index (χ0) is 15.4. The highest BCUT2D eigenvalue weighted by atomic mass is 19.1. The largest absolute Gasteiger partial charge is 0.480 e. The molecule has 0 fully saturated rings. The zero-order valence-electron chi connectivity index (χ0n) is 10.3. The van der Waals surface area contributed by atoms with Crippen LogP contribution in [0.1, 0.15) is 17.3 Å². The topological polar surface area (TPSA) is 101 Å². The van der Waals surface area contributed by atoms with Gasteiger partial charge < -0.3 is 10.0 Å². The number of amides is 1. The molecule has 1 aromatic carbocycles. The summed E-state index contributed by atoms with van der Waals surface area (Å²) < 4.78 is 26.7. The fourth-order valence-electron chi connectivity index (χ4n) is 1.50. The van der Waals surface area contributed by atoms with Crippen molar-refractivity contribution in [1.29, 1.82) is 0 Å². The molecular formula is C11H10F2N2O5. The molecule has 1 rings (SSSR count). The zero-order valence-corrected chi connectivity index (χ0v) is 10.3. The normalized spacial score (nSPS) is 10.2. The van der Waals surface area contributed by atoms with Crippen molar-refractivity contribution in [2.75, 3.05) is 13.1 Å². The van der Waals surface area contributed by atoms with Crippen molar-refractivity contribution in [1.82, 2.24) is 4.90 Å². The van der Waals surface area contributed by atoms with E-state index >= 15 is 0 Å². The van der Waals surface area contributed by atoms with E-state index in [1.54, 1.807) is 0 Å². The predicted molar refractivity (Wildman–Crippen MR) is 62.2 cm³/mol. The van der Waals surface area contributed by atoms with Gasteiger partial charge in [0.1, 0.15) is 12.4 Å². The first-order chi connectivity index (χ1) is 9.27. The van der Waals surface area contributed by atoms with Crippen molar-refractivity contribution in [2.24, 2.45) is 0 Å². The molecule has 0 unspecified atom stereocenters. The number of hydrogen-bond donors (Lipinski definition) is 1. The maximum absolute atomic E-state index is 13.5. The fourth-order valence-corrected chi connectivity index (χ4v) is 1.50. The third-order valence-corrected chi connectivity index (χ3v) is 2.46. The average molecular weight is 288 g/mol. The van der Waals surface area contributed by atoms with E-state index in [2.05, 4.69) is 0 Å². The Hall–Kier alpha value is -2.58. The van der Waals surface area contributed by atoms with Crippen LogP contribution in [0.5, 0.6) is 0 Å². The molecule has 0 atom stereocenters. The Morgan fingerprint density at radius 1 is 1.35 bits per heavy atom. The SMILES string of the molecule is CCN(CC(=O)O)C(=O)c1cc([N+](=O)[O-])c(F)cc1F. The van der Waals surface area contributed by atoms with Gasteiger partial charge in [-0.15, -0.1) is 0 Å². The van der Waals surface area contributed by atoms with Gasteiger partial charge in [0, 0.05) is 18.7 Å². The van der Waals surface area contributed by atoms with Gasteiger partial charge in [-0.1, -0.05) is 0 Å². The average Bonchev–Trinajstić information content (AvgIpc) is 2.34. The lowest BCUT2D eigenvalue weighted by atomic mass is 10.1. The van der Waals surface area contributed by atoms with Gasteiger partial charge in [0.15, 0.2) is 0 Å². The van der Waals surface area contributed by atoms with Crippen LogP contribution in [-0.2, 0) is 4.79 Å². The molecule has 0 aliphatic heterocycles. The van der Waals surface area contributed by atoms with Crippen molar-refractivity contribution in [3.63, 3.8) is 0 Å². The minimum absolute atomic E-state index is 0.0459. The van der Waals surface area contributed by atoms with Crippen molar-refractivity contribution < 1.29 is 28.4 Å². The number of aliphatic carboxylic acids is 1. The summed E-state index contributed by atoms with van der Waals surface area (Å²) in [6.07, 6.45) is 0. The summed E-state index contributed by atoms with van der Waals surface area (Å²) in [5.41, 5.74) is -1.80. The Morgan fingerprint density at radius 3 is 2.40 bits per heavy atom. The van der Waals surface area contributed by atoms with Gasteiger partial charge in [-0.3, -0.25) is 19.7 Å². The summed E-state index contributed by atoms with van der Waals surface area (Å²) in [5, 5.41) is 19.2. The van der Waals surface area contributed by atoms with Gasteiger partial charge in [0.25, 0.3) is 5.91 Å². The molecule has 1 N–H and O–H groups in total. The monoisotopic (exact) mass is 288 g/mol. The molecule has 0 radical (unpaired) electrons. The van der Waals surface area contributed by atoms with Crippen LogP contribution in [0.4, 0.5) is 14.5 Å². The Balaban J connectivity index is 3.24. The van der Waals surface area contributed by atoms with Crippen molar-refractivity contribution >= 4 is 17.6 Å². The van der Waals surface area contributed by atoms with Crippen LogP contribution in [0.15, 0.2) is 12.1 Å². The number of carboxylic acids is 1. The number of nitro benzene ring substituents is 1. The van der Waals surface area contributed by atoms with Crippen LogP contribution >= 0.6 is 0 Å². The van der Waals surface area contributed by atoms with Gasteiger partial charge in [-0.05, 0) is 6.92 Å². The highest BCUT2D eigenvalue weighted by molar-refractivity contribution is 5.96. The Bertz CT molecular complexity index is 576. The number of carbonyl (C=O) groups excluding carboxylic acids is 1. The van der Waals surface area contributed by atoms with E-state index in [4.69, 9.17) is 5.11 Å². The van der Waals surface area contributed by atoms with Gasteiger partial charge in [-0.25, -0.2) is 4.39 Å². The Labute approximate surface area is 111 Å². The molecule has 0 saturated carbocycles. The fraction of sp³-hybridized carbons (Fsp3) is 0.273. The van der Waals surface area contributed by atoms with Crippen molar-refractivity contribution in [2.45, 2.75) is 6.92 Å². The summed E-state index contributed by atoms with van der Waals surface area (Å²) in [7, 11) is 0. The molecule has 108 valence electrons. The summed E-state index contributed by atoms with van der Waals surface area (Å²) in [6.45, 7) is 0.715. The van der Waals surface area contributed by atoms with Crippen LogP contribution in [0, 0.1) is 21.7 Å². The van der Waals surface area contributed by atoms with Gasteiger partial charge in [0.2, 0.25) is 5.82 Å². The minimum atomic E-state index is -1.41. The predicted octanol–water partition coefficient (Wildman–Crippen LogP) is 1.42. The number of carboxylic acid groups (broad SMARTS) is 1. The lowest BCUT2D eigenvalue weighted by Gasteiger charge is -2.18. The second-order valence-corrected chi connectivity index (χ2v) is 3.75. The molecule has 0 aliphatic carbocycles. The third kappa shape index (κ3) is 3.25. The van der Waals surface area contributed by atoms with E-state index < -0.39 is 46.2 Å². The van der Waals surface area contributed by atoms with Gasteiger partial charge >= 0.3 is 11.7 Å². The molecule has 1 amide bonds. The smallest absolute Gasteiger partial charge is 0.323 e. The lowest BCUT2D eigenvalue weighted by molar-refractivity contribution is -0.387. The van der Waals surface area contributed by atoms with E-state index in [1.807, 2.05) is 0 Å². The molecule has 0 aromatic heterocycles. The van der Waals surface area contributed by atoms with Crippen molar-refractivity contribution in [3.8, 4) is 0 Å². The second kappa shape index (κ2) is 6.04. The first-order valence-electron chi connectivity index (χ1n) is 5.42. The molecule has 0 saturated heterocycles. The van der Waals surface area contributed by atoms with Crippen LogP contribution < -0.4 is 0 Å². The number of rotatable bonds is 5. The maximum atomic E-state index is 13.5. The summed E-state index contributed by atoms with van der Waals surface area (Å²) in [5.74, 6) is -5.08. The first-order valence-corrected chi connectivity index (χ1v) is 5.42. The number of hydrogen-bond acceptors (Lipinski definition) is 4. The van der Waals surface area contributed by atoms with Gasteiger partial charge in [-0.2, -0.15) is 4.39 Å². The van der Waals surface area contributed by atoms with Crippen LogP contribution in [0.3, 0.4) is 0 Å². The number of nitrogens with zero attached hydrogens (tertiary/aromatic N) is 2. The highest BCUT2D eigenvalue weighted by Gasteiger charge is 2.25. The molecule has 7 nitrogen and oxygen atoms in total. The number of nitro groups is 1. The van der Waals surface area contributed by atoms with E-state index in [1.165, 1.54) is 6.92 Å². The summed E-state index contributed by atoms with van der Waals surface area (Å²) >= 11 is 0. The maximum Gasteiger partial charge on any atom is 0.323 e. The summed E-state index contributed by atoms with van der Waals surface area (Å²) in [6, 6.07) is 0.678. The van der Waals surface area contributed by atoms with E-state index in [9.17, 15) is 28.5 Å². The Kier molecular flexibility index (Phi) is 4.68. The van der Waals surface area contributed by atoms with Gasteiger partial charge in [0.05, 0.1) is 10.5 Å². The standard InChI is InChI=1S/C11H10F2N2O5/c1-2-14(5-10(16)17)11(18)6-3-9(15(19)20)8(13)4-7(6)12/h3-4H,2,5H2,1H3,(H,16,17). The van der Waals surface area contributed by atoms with Crippen LogP contribution in [-0.4, -0.2) is 39.9 Å². The molecule has 0 spiro atoms. The highest BCUT2D eigenvalue weighted by Crippen LogP contribution is 2.22. The Morgan fingerprint density at radius 2 is 1.95 bits per heavy atom. The van der Waals surface area contributed by atoms with Crippen LogP contribution in [0.2, 0.25) is 0 Å². The van der Waals surface area contributed by atoms with Crippen LogP contribution in [0.25, 0.3) is 0 Å². The minimum Gasteiger partial charge on any atom is -0.480 e. The molecular weight excluding hydrogens is 278 g/mol. The first kappa shape index (κ1) is 15.5. The van der Waals surface area contributed by atoms with E-state index in [-0.39, 0.29) is 12.6 Å². The molecule has 20 heavy (non-hydrogen) atoms. The van der Waals surface area contributed by atoms with Crippen molar-refractivity contribution in [3.05, 3.63) is 39.4 Å².